The maximum atomic E-state index is 12.1. The predicted octanol–water partition coefficient (Wildman–Crippen LogP) is 3.13. The second kappa shape index (κ2) is 6.69. The Bertz CT molecular complexity index is 706. The maximum Gasteiger partial charge on any atom is 0.335 e. The van der Waals surface area contributed by atoms with E-state index in [0.29, 0.717) is 20.8 Å². The first kappa shape index (κ1) is 15.5. The van der Waals surface area contributed by atoms with E-state index < -0.39 is 5.97 Å². The molecule has 0 aliphatic carbocycles. The molecule has 0 aliphatic heterocycles. The molecule has 7 heteroatoms. The maximum absolute atomic E-state index is 12.1. The smallest absolute Gasteiger partial charge is 0.335 e. The first-order valence-corrected chi connectivity index (χ1v) is 7.06. The molecule has 1 aromatic carbocycles. The highest BCUT2D eigenvalue weighted by Gasteiger charge is 2.11. The van der Waals surface area contributed by atoms with Crippen LogP contribution in [0.1, 0.15) is 26.4 Å². The Balaban J connectivity index is 2.09. The number of carbonyl (C=O) groups is 2. The van der Waals surface area contributed by atoms with Crippen LogP contribution in [0, 0.1) is 0 Å². The Morgan fingerprint density at radius 1 is 1.29 bits per heavy atom. The van der Waals surface area contributed by atoms with Crippen molar-refractivity contribution in [2.75, 3.05) is 0 Å². The largest absolute Gasteiger partial charge is 0.478 e. The summed E-state index contributed by atoms with van der Waals surface area (Å²) < 4.78 is 0.622. The number of carbonyl (C=O) groups excluding carboxylic acids is 1. The van der Waals surface area contributed by atoms with Crippen molar-refractivity contribution in [2.45, 2.75) is 6.54 Å². The van der Waals surface area contributed by atoms with Gasteiger partial charge >= 0.3 is 5.97 Å². The van der Waals surface area contributed by atoms with Crippen LogP contribution >= 0.6 is 27.5 Å². The second-order valence-corrected chi connectivity index (χ2v) is 5.44. The fraction of sp³-hybridized carbons (Fsp3) is 0.0714. The summed E-state index contributed by atoms with van der Waals surface area (Å²) in [6.45, 7) is 0.124. The van der Waals surface area contributed by atoms with E-state index in [4.69, 9.17) is 16.7 Å². The molecule has 5 nitrogen and oxygen atoms in total. The second-order valence-electron chi connectivity index (χ2n) is 4.15. The lowest BCUT2D eigenvalue weighted by molar-refractivity contribution is 0.0696. The topological polar surface area (TPSA) is 79.3 Å². The molecule has 0 saturated heterocycles. The van der Waals surface area contributed by atoms with Gasteiger partial charge in [0.1, 0.15) is 0 Å². The minimum Gasteiger partial charge on any atom is -0.478 e. The number of rotatable bonds is 4. The van der Waals surface area contributed by atoms with Crippen LogP contribution in [0.15, 0.2) is 41.0 Å². The Hall–Kier alpha value is -1.92. The molecule has 0 unspecified atom stereocenters. The van der Waals surface area contributed by atoms with Crippen molar-refractivity contribution in [3.05, 3.63) is 62.8 Å². The monoisotopic (exact) mass is 368 g/mol. The minimum absolute atomic E-state index is 0.123. The molecule has 0 atom stereocenters. The average Bonchev–Trinajstić information content (AvgIpc) is 2.47. The van der Waals surface area contributed by atoms with E-state index in [9.17, 15) is 9.59 Å². The summed E-state index contributed by atoms with van der Waals surface area (Å²) in [6.07, 6.45) is 1.39. The van der Waals surface area contributed by atoms with Crippen LogP contribution in [0.3, 0.4) is 0 Å². The Morgan fingerprint density at radius 3 is 2.76 bits per heavy atom. The van der Waals surface area contributed by atoms with E-state index in [0.717, 1.165) is 0 Å². The van der Waals surface area contributed by atoms with E-state index in [1.54, 1.807) is 18.2 Å². The normalized spacial score (nSPS) is 10.2. The Morgan fingerprint density at radius 2 is 2.05 bits per heavy atom. The number of amides is 1. The number of nitrogens with zero attached hydrogens (tertiary/aromatic N) is 1. The van der Waals surface area contributed by atoms with Gasteiger partial charge in [0.15, 0.2) is 0 Å². The first-order chi connectivity index (χ1) is 9.97. The Labute approximate surface area is 134 Å². The van der Waals surface area contributed by atoms with Gasteiger partial charge < -0.3 is 10.4 Å². The summed E-state index contributed by atoms with van der Waals surface area (Å²) in [5, 5.41) is 12.0. The van der Waals surface area contributed by atoms with Gasteiger partial charge in [0.2, 0.25) is 0 Å². The van der Waals surface area contributed by atoms with Gasteiger partial charge in [-0.3, -0.25) is 9.78 Å². The standard InChI is InChI=1S/C14H10BrClN2O3/c15-12-2-1-9(16)6-11(12)13(19)18-7-10-5-8(14(20)21)3-4-17-10/h1-6H,7H2,(H,18,19)(H,20,21). The molecule has 0 spiro atoms. The van der Waals surface area contributed by atoms with Gasteiger partial charge in [-0.15, -0.1) is 0 Å². The highest BCUT2D eigenvalue weighted by Crippen LogP contribution is 2.21. The summed E-state index contributed by atoms with van der Waals surface area (Å²) in [5.41, 5.74) is 0.983. The minimum atomic E-state index is -1.04. The first-order valence-electron chi connectivity index (χ1n) is 5.89. The quantitative estimate of drug-likeness (QED) is 0.868. The fourth-order valence-corrected chi connectivity index (χ4v) is 2.24. The summed E-state index contributed by atoms with van der Waals surface area (Å²) in [7, 11) is 0. The third-order valence-electron chi connectivity index (χ3n) is 2.67. The SMILES string of the molecule is O=C(O)c1ccnc(CNC(=O)c2cc(Cl)ccc2Br)c1. The highest BCUT2D eigenvalue weighted by atomic mass is 79.9. The lowest BCUT2D eigenvalue weighted by Gasteiger charge is -2.07. The van der Waals surface area contributed by atoms with Crippen LogP contribution in [0.5, 0.6) is 0 Å². The molecule has 0 saturated carbocycles. The lowest BCUT2D eigenvalue weighted by Crippen LogP contribution is -2.23. The molecule has 2 rings (SSSR count). The molecule has 0 fully saturated rings. The number of aromatic nitrogens is 1. The van der Waals surface area contributed by atoms with Crippen LogP contribution in [0.2, 0.25) is 5.02 Å². The number of carboxylic acids is 1. The molecule has 0 aliphatic rings. The Kier molecular flexibility index (Phi) is 4.93. The van der Waals surface area contributed by atoms with Gasteiger partial charge in [0, 0.05) is 15.7 Å². The number of nitrogens with one attached hydrogen (secondary N) is 1. The molecule has 0 radical (unpaired) electrons. The van der Waals surface area contributed by atoms with Crippen molar-refractivity contribution in [3.8, 4) is 0 Å². The lowest BCUT2D eigenvalue weighted by atomic mass is 10.2. The van der Waals surface area contributed by atoms with Crippen LogP contribution in [-0.4, -0.2) is 22.0 Å². The summed E-state index contributed by atoms with van der Waals surface area (Å²) in [6, 6.07) is 7.69. The summed E-state index contributed by atoms with van der Waals surface area (Å²) in [5.74, 6) is -1.37. The molecule has 1 aromatic heterocycles. The fourth-order valence-electron chi connectivity index (χ4n) is 1.65. The van der Waals surface area contributed by atoms with Crippen LogP contribution in [-0.2, 0) is 6.54 Å². The summed E-state index contributed by atoms with van der Waals surface area (Å²) in [4.78, 5) is 26.9. The average molecular weight is 370 g/mol. The van der Waals surface area contributed by atoms with E-state index in [-0.39, 0.29) is 18.0 Å². The van der Waals surface area contributed by atoms with Gasteiger partial charge in [0.25, 0.3) is 5.91 Å². The molecule has 1 heterocycles. The molecule has 108 valence electrons. The van der Waals surface area contributed by atoms with E-state index in [1.165, 1.54) is 18.3 Å². The van der Waals surface area contributed by atoms with Gasteiger partial charge in [-0.2, -0.15) is 0 Å². The number of halogens is 2. The van der Waals surface area contributed by atoms with Gasteiger partial charge in [-0.1, -0.05) is 11.6 Å². The zero-order valence-electron chi connectivity index (χ0n) is 10.6. The van der Waals surface area contributed by atoms with Crippen molar-refractivity contribution >= 4 is 39.4 Å². The van der Waals surface area contributed by atoms with Crippen LogP contribution in [0.4, 0.5) is 0 Å². The molecule has 0 bridgehead atoms. The molecule has 2 N–H and O–H groups in total. The van der Waals surface area contributed by atoms with Crippen molar-refractivity contribution < 1.29 is 14.7 Å². The predicted molar refractivity (Wildman–Crippen MR) is 81.5 cm³/mol. The number of pyridine rings is 1. The van der Waals surface area contributed by atoms with Crippen molar-refractivity contribution in [3.63, 3.8) is 0 Å². The van der Waals surface area contributed by atoms with E-state index >= 15 is 0 Å². The number of hydrogen-bond donors (Lipinski definition) is 2. The highest BCUT2D eigenvalue weighted by molar-refractivity contribution is 9.10. The van der Waals surface area contributed by atoms with Gasteiger partial charge in [-0.25, -0.2) is 4.79 Å². The zero-order valence-corrected chi connectivity index (χ0v) is 13.0. The molecule has 1 amide bonds. The van der Waals surface area contributed by atoms with Crippen molar-refractivity contribution in [1.82, 2.24) is 10.3 Å². The number of carboxylic acid groups (broad SMARTS) is 1. The summed E-state index contributed by atoms with van der Waals surface area (Å²) >= 11 is 9.13. The zero-order chi connectivity index (χ0) is 15.4. The molecular formula is C14H10BrClN2O3. The van der Waals surface area contributed by atoms with Crippen molar-refractivity contribution in [1.29, 1.82) is 0 Å². The van der Waals surface area contributed by atoms with Gasteiger partial charge in [-0.05, 0) is 46.3 Å². The number of aromatic carboxylic acids is 1. The number of hydrogen-bond acceptors (Lipinski definition) is 3. The van der Waals surface area contributed by atoms with Crippen molar-refractivity contribution in [2.24, 2.45) is 0 Å². The molecule has 21 heavy (non-hydrogen) atoms. The number of benzene rings is 1. The van der Waals surface area contributed by atoms with Crippen LogP contribution in [0.25, 0.3) is 0 Å². The van der Waals surface area contributed by atoms with E-state index in [1.807, 2.05) is 0 Å². The third-order valence-corrected chi connectivity index (χ3v) is 3.59. The molecular weight excluding hydrogens is 360 g/mol. The van der Waals surface area contributed by atoms with Crippen LogP contribution < -0.4 is 5.32 Å². The third kappa shape index (κ3) is 4.03. The molecule has 2 aromatic rings. The van der Waals surface area contributed by atoms with Gasteiger partial charge in [0.05, 0.1) is 23.4 Å². The van der Waals surface area contributed by atoms with E-state index in [2.05, 4.69) is 26.2 Å².